The molecule has 1 aromatic heterocycles. The first-order valence-electron chi connectivity index (χ1n) is 7.73. The molecule has 3 aromatic rings. The summed E-state index contributed by atoms with van der Waals surface area (Å²) in [4.78, 5) is 8.79. The van der Waals surface area contributed by atoms with Crippen LogP contribution in [-0.2, 0) is 0 Å². The number of hydrogen-bond donors (Lipinski definition) is 2. The smallest absolute Gasteiger partial charge is 0.244 e. The highest BCUT2D eigenvalue weighted by Crippen LogP contribution is 2.21. The number of aromatic hydroxyl groups is 1. The van der Waals surface area contributed by atoms with Crippen LogP contribution in [0.25, 0.3) is 11.3 Å². The summed E-state index contributed by atoms with van der Waals surface area (Å²) >= 11 is 0. The lowest BCUT2D eigenvalue weighted by atomic mass is 10.1. The Hall–Kier alpha value is -3.41. The Kier molecular flexibility index (Phi) is 4.89. The van der Waals surface area contributed by atoms with E-state index in [1.807, 2.05) is 43.3 Å². The van der Waals surface area contributed by atoms with E-state index in [0.29, 0.717) is 17.3 Å². The molecule has 0 radical (unpaired) electrons. The minimum absolute atomic E-state index is 0.112. The lowest BCUT2D eigenvalue weighted by Crippen LogP contribution is -2.00. The molecule has 0 amide bonds. The van der Waals surface area contributed by atoms with Crippen molar-refractivity contribution in [2.45, 2.75) is 6.92 Å². The van der Waals surface area contributed by atoms with E-state index in [2.05, 4.69) is 20.5 Å². The van der Waals surface area contributed by atoms with E-state index in [0.717, 1.165) is 17.0 Å². The maximum Gasteiger partial charge on any atom is 0.244 e. The van der Waals surface area contributed by atoms with Gasteiger partial charge >= 0.3 is 0 Å². The molecule has 0 aliphatic rings. The highest BCUT2D eigenvalue weighted by molar-refractivity contribution is 5.84. The van der Waals surface area contributed by atoms with Gasteiger partial charge in [0.2, 0.25) is 5.95 Å². The molecule has 6 heteroatoms. The summed E-state index contributed by atoms with van der Waals surface area (Å²) in [7, 11) is 1.57. The largest absolute Gasteiger partial charge is 0.507 e. The van der Waals surface area contributed by atoms with Crippen LogP contribution < -0.4 is 10.2 Å². The average molecular weight is 334 g/mol. The molecule has 126 valence electrons. The number of hydrazone groups is 1. The van der Waals surface area contributed by atoms with Crippen molar-refractivity contribution in [2.24, 2.45) is 5.10 Å². The minimum atomic E-state index is 0.112. The van der Waals surface area contributed by atoms with Gasteiger partial charge in [-0.1, -0.05) is 30.3 Å². The van der Waals surface area contributed by atoms with Gasteiger partial charge in [-0.2, -0.15) is 5.10 Å². The molecule has 0 atom stereocenters. The Morgan fingerprint density at radius 2 is 1.88 bits per heavy atom. The first kappa shape index (κ1) is 16.4. The van der Waals surface area contributed by atoms with Crippen LogP contribution in [0.4, 0.5) is 5.95 Å². The van der Waals surface area contributed by atoms with Gasteiger partial charge in [0.05, 0.1) is 19.0 Å². The number of nitrogens with one attached hydrogen (secondary N) is 1. The van der Waals surface area contributed by atoms with Gasteiger partial charge in [-0.05, 0) is 31.2 Å². The molecule has 3 rings (SSSR count). The van der Waals surface area contributed by atoms with Crippen LogP contribution in [0.5, 0.6) is 11.5 Å². The summed E-state index contributed by atoms with van der Waals surface area (Å²) < 4.78 is 5.14. The standard InChI is InChI=1S/C19H18N4O2/c1-13-10-17(14-6-4-3-5-7-14)22-19(21-13)23-20-12-15-11-16(25-2)8-9-18(15)24/h3-12,24H,1-2H3,(H,21,22,23). The number of rotatable bonds is 5. The van der Waals surface area contributed by atoms with Crippen LogP contribution in [0.15, 0.2) is 59.7 Å². The highest BCUT2D eigenvalue weighted by Gasteiger charge is 2.04. The molecule has 2 aromatic carbocycles. The van der Waals surface area contributed by atoms with Crippen molar-refractivity contribution in [3.05, 3.63) is 65.9 Å². The molecule has 0 saturated carbocycles. The molecule has 0 saturated heterocycles. The molecule has 0 fully saturated rings. The second-order valence-corrected chi connectivity index (χ2v) is 5.38. The summed E-state index contributed by atoms with van der Waals surface area (Å²) in [6.45, 7) is 1.90. The number of nitrogens with zero attached hydrogens (tertiary/aromatic N) is 3. The van der Waals surface area contributed by atoms with Gasteiger partial charge in [-0.3, -0.25) is 0 Å². The van der Waals surface area contributed by atoms with Gasteiger partial charge < -0.3 is 9.84 Å². The van der Waals surface area contributed by atoms with Crippen LogP contribution in [0.3, 0.4) is 0 Å². The molecule has 1 heterocycles. The third-order valence-corrected chi connectivity index (χ3v) is 3.53. The number of phenolic OH excluding ortho intramolecular Hbond substituents is 1. The predicted molar refractivity (Wildman–Crippen MR) is 98.1 cm³/mol. The fourth-order valence-electron chi connectivity index (χ4n) is 2.30. The maximum absolute atomic E-state index is 9.86. The third-order valence-electron chi connectivity index (χ3n) is 3.53. The van der Waals surface area contributed by atoms with Crippen LogP contribution >= 0.6 is 0 Å². The summed E-state index contributed by atoms with van der Waals surface area (Å²) in [5.41, 5.74) is 5.98. The van der Waals surface area contributed by atoms with Gasteiger partial charge in [0.1, 0.15) is 11.5 Å². The summed E-state index contributed by atoms with van der Waals surface area (Å²) in [6, 6.07) is 16.7. The van der Waals surface area contributed by atoms with Crippen molar-refractivity contribution in [1.82, 2.24) is 9.97 Å². The van der Waals surface area contributed by atoms with Crippen LogP contribution in [0, 0.1) is 6.92 Å². The number of anilines is 1. The average Bonchev–Trinajstić information content (AvgIpc) is 2.63. The van der Waals surface area contributed by atoms with Gasteiger partial charge in [0, 0.05) is 16.8 Å². The van der Waals surface area contributed by atoms with E-state index in [1.54, 1.807) is 25.3 Å². The van der Waals surface area contributed by atoms with Gasteiger partial charge in [-0.25, -0.2) is 15.4 Å². The Labute approximate surface area is 145 Å². The summed E-state index contributed by atoms with van der Waals surface area (Å²) in [6.07, 6.45) is 1.49. The number of ether oxygens (including phenoxy) is 1. The molecule has 0 spiro atoms. The van der Waals surface area contributed by atoms with Crippen molar-refractivity contribution >= 4 is 12.2 Å². The van der Waals surface area contributed by atoms with Crippen molar-refractivity contribution in [3.63, 3.8) is 0 Å². The second kappa shape index (κ2) is 7.44. The van der Waals surface area contributed by atoms with E-state index in [1.165, 1.54) is 6.21 Å². The second-order valence-electron chi connectivity index (χ2n) is 5.38. The van der Waals surface area contributed by atoms with E-state index < -0.39 is 0 Å². The minimum Gasteiger partial charge on any atom is -0.507 e. The number of hydrogen-bond acceptors (Lipinski definition) is 6. The van der Waals surface area contributed by atoms with Crippen LogP contribution in [-0.4, -0.2) is 28.4 Å². The zero-order valence-corrected chi connectivity index (χ0v) is 14.0. The highest BCUT2D eigenvalue weighted by atomic mass is 16.5. The molecule has 0 aliphatic carbocycles. The van der Waals surface area contributed by atoms with Crippen molar-refractivity contribution in [2.75, 3.05) is 12.5 Å². The molecule has 0 aliphatic heterocycles. The first-order valence-corrected chi connectivity index (χ1v) is 7.73. The number of phenols is 1. The fourth-order valence-corrected chi connectivity index (χ4v) is 2.30. The van der Waals surface area contributed by atoms with E-state index >= 15 is 0 Å². The van der Waals surface area contributed by atoms with Crippen molar-refractivity contribution in [1.29, 1.82) is 0 Å². The quantitative estimate of drug-likeness (QED) is 0.550. The summed E-state index contributed by atoms with van der Waals surface area (Å²) in [5, 5.41) is 14.0. The topological polar surface area (TPSA) is 79.6 Å². The maximum atomic E-state index is 9.86. The molecule has 6 nitrogen and oxygen atoms in total. The molecular formula is C19H18N4O2. The van der Waals surface area contributed by atoms with E-state index in [9.17, 15) is 5.11 Å². The zero-order chi connectivity index (χ0) is 17.6. The normalized spacial score (nSPS) is 10.8. The Morgan fingerprint density at radius 3 is 2.64 bits per heavy atom. The zero-order valence-electron chi connectivity index (χ0n) is 14.0. The predicted octanol–water partition coefficient (Wildman–Crippen LogP) is 3.61. The summed E-state index contributed by atoms with van der Waals surface area (Å²) in [5.74, 6) is 1.14. The molecule has 25 heavy (non-hydrogen) atoms. The van der Waals surface area contributed by atoms with Gasteiger partial charge in [-0.15, -0.1) is 0 Å². The van der Waals surface area contributed by atoms with E-state index in [-0.39, 0.29) is 5.75 Å². The van der Waals surface area contributed by atoms with Crippen molar-refractivity contribution in [3.8, 4) is 22.8 Å². The lowest BCUT2D eigenvalue weighted by Gasteiger charge is -2.06. The van der Waals surface area contributed by atoms with Crippen LogP contribution in [0.2, 0.25) is 0 Å². The number of methoxy groups -OCH3 is 1. The Balaban J connectivity index is 1.81. The number of benzene rings is 2. The lowest BCUT2D eigenvalue weighted by molar-refractivity contribution is 0.412. The number of aromatic nitrogens is 2. The SMILES string of the molecule is COc1ccc(O)c(C=NNc2nc(C)cc(-c3ccccc3)n2)c1. The Bertz CT molecular complexity index is 895. The van der Waals surface area contributed by atoms with Crippen molar-refractivity contribution < 1.29 is 9.84 Å². The fraction of sp³-hybridized carbons (Fsp3) is 0.105. The van der Waals surface area contributed by atoms with Gasteiger partial charge in [0.15, 0.2) is 0 Å². The molecule has 0 bridgehead atoms. The monoisotopic (exact) mass is 334 g/mol. The molecular weight excluding hydrogens is 316 g/mol. The number of aryl methyl sites for hydroxylation is 1. The molecule has 0 unspecified atom stereocenters. The van der Waals surface area contributed by atoms with Gasteiger partial charge in [0.25, 0.3) is 0 Å². The molecule has 2 N–H and O–H groups in total. The third kappa shape index (κ3) is 4.11. The first-order chi connectivity index (χ1) is 12.2. The van der Waals surface area contributed by atoms with E-state index in [4.69, 9.17) is 4.74 Å². The Morgan fingerprint density at radius 1 is 1.08 bits per heavy atom. The van der Waals surface area contributed by atoms with Crippen LogP contribution in [0.1, 0.15) is 11.3 Å².